The molecule has 1 aliphatic carbocycles. The summed E-state index contributed by atoms with van der Waals surface area (Å²) in [5.41, 5.74) is 0.150. The van der Waals surface area contributed by atoms with Gasteiger partial charge in [0, 0.05) is 36.1 Å². The number of nitrogens with one attached hydrogen (secondary N) is 2. The fraction of sp³-hybridized carbons (Fsp3) is 0.769. The molecule has 0 bridgehead atoms. The smallest absolute Gasteiger partial charge is 0.191 e. The molecule has 18 heavy (non-hydrogen) atoms. The average Bonchev–Trinajstić information content (AvgIpc) is 2.75. The van der Waals surface area contributed by atoms with Crippen molar-refractivity contribution in [3.63, 3.8) is 0 Å². The van der Waals surface area contributed by atoms with Gasteiger partial charge in [0.25, 0.3) is 0 Å². The lowest BCUT2D eigenvalue weighted by molar-refractivity contribution is -0.106. The number of ether oxygens (including phenoxy) is 1. The lowest BCUT2D eigenvalue weighted by Crippen LogP contribution is -2.67. The molecule has 1 heterocycles. The summed E-state index contributed by atoms with van der Waals surface area (Å²) in [6.07, 6.45) is 1.52. The van der Waals surface area contributed by atoms with E-state index in [1.807, 2.05) is 0 Å². The van der Waals surface area contributed by atoms with Gasteiger partial charge < -0.3 is 15.4 Å². The van der Waals surface area contributed by atoms with Gasteiger partial charge in [0.1, 0.15) is 0 Å². The first kappa shape index (κ1) is 13.7. The number of guanidine groups is 1. The van der Waals surface area contributed by atoms with Crippen molar-refractivity contribution in [2.24, 2.45) is 16.3 Å². The number of fused-ring (bicyclic) bond motifs is 1. The third kappa shape index (κ3) is 2.36. The molecule has 2 rings (SSSR count). The second-order valence-corrected chi connectivity index (χ2v) is 6.16. The lowest BCUT2D eigenvalue weighted by atomic mass is 9.57. The molecule has 0 aromatic rings. The molecule has 0 radical (unpaired) electrons. The van der Waals surface area contributed by atoms with E-state index in [0.29, 0.717) is 29.6 Å². The number of hydrogen-bond acceptors (Lipinski definition) is 2. The summed E-state index contributed by atoms with van der Waals surface area (Å²) in [4.78, 5) is 4.22. The van der Waals surface area contributed by atoms with Crippen LogP contribution in [0.1, 0.15) is 20.3 Å². The van der Waals surface area contributed by atoms with Crippen molar-refractivity contribution in [1.29, 1.82) is 0 Å². The Balaban J connectivity index is 1.94. The number of nitrogens with zero attached hydrogens (tertiary/aromatic N) is 1. The van der Waals surface area contributed by atoms with Crippen LogP contribution in [0.2, 0.25) is 0 Å². The second kappa shape index (κ2) is 5.10. The van der Waals surface area contributed by atoms with Crippen LogP contribution in [0, 0.1) is 11.3 Å². The molecule has 0 amide bonds. The van der Waals surface area contributed by atoms with E-state index < -0.39 is 0 Å². The van der Waals surface area contributed by atoms with Crippen molar-refractivity contribution >= 4 is 17.6 Å². The van der Waals surface area contributed by atoms with Crippen LogP contribution in [-0.2, 0) is 4.74 Å². The van der Waals surface area contributed by atoms with E-state index >= 15 is 0 Å². The Hall–Kier alpha value is -0.740. The lowest BCUT2D eigenvalue weighted by Gasteiger charge is -2.54. The Morgan fingerprint density at radius 3 is 2.89 bits per heavy atom. The zero-order valence-electron chi connectivity index (χ0n) is 11.3. The van der Waals surface area contributed by atoms with E-state index in [4.69, 9.17) is 16.3 Å². The Kier molecular flexibility index (Phi) is 3.87. The minimum atomic E-state index is 0.150. The molecule has 1 saturated carbocycles. The Morgan fingerprint density at radius 1 is 1.56 bits per heavy atom. The van der Waals surface area contributed by atoms with Crippen LogP contribution in [0.15, 0.2) is 16.6 Å². The van der Waals surface area contributed by atoms with Crippen molar-refractivity contribution in [3.05, 3.63) is 11.6 Å². The predicted octanol–water partition coefficient (Wildman–Crippen LogP) is 1.72. The van der Waals surface area contributed by atoms with Gasteiger partial charge in [-0.05, 0) is 6.42 Å². The van der Waals surface area contributed by atoms with Crippen LogP contribution in [0.5, 0.6) is 0 Å². The molecule has 0 aromatic heterocycles. The summed E-state index contributed by atoms with van der Waals surface area (Å²) in [5, 5.41) is 7.21. The van der Waals surface area contributed by atoms with Gasteiger partial charge in [-0.3, -0.25) is 4.99 Å². The summed E-state index contributed by atoms with van der Waals surface area (Å²) in [7, 11) is 1.76. The van der Waals surface area contributed by atoms with E-state index in [9.17, 15) is 0 Å². The van der Waals surface area contributed by atoms with Crippen LogP contribution in [-0.4, -0.2) is 38.3 Å². The van der Waals surface area contributed by atoms with Crippen molar-refractivity contribution in [2.75, 3.05) is 20.2 Å². The van der Waals surface area contributed by atoms with Crippen molar-refractivity contribution < 1.29 is 4.74 Å². The largest absolute Gasteiger partial charge is 0.377 e. The Bertz CT molecular complexity index is 367. The first-order valence-electron chi connectivity index (χ1n) is 6.39. The van der Waals surface area contributed by atoms with Crippen LogP contribution < -0.4 is 10.6 Å². The summed E-state index contributed by atoms with van der Waals surface area (Å²) >= 11 is 5.75. The fourth-order valence-corrected chi connectivity index (χ4v) is 3.21. The van der Waals surface area contributed by atoms with Crippen molar-refractivity contribution in [1.82, 2.24) is 10.6 Å². The van der Waals surface area contributed by atoms with E-state index in [1.54, 1.807) is 7.05 Å². The molecule has 3 atom stereocenters. The van der Waals surface area contributed by atoms with Crippen LogP contribution in [0.4, 0.5) is 0 Å². The molecule has 102 valence electrons. The Morgan fingerprint density at radius 2 is 2.28 bits per heavy atom. The molecule has 3 unspecified atom stereocenters. The molecular weight excluding hydrogens is 250 g/mol. The van der Waals surface area contributed by atoms with E-state index in [2.05, 4.69) is 36.1 Å². The predicted molar refractivity (Wildman–Crippen MR) is 74.9 cm³/mol. The van der Waals surface area contributed by atoms with E-state index in [1.165, 1.54) is 0 Å². The van der Waals surface area contributed by atoms with Gasteiger partial charge in [-0.15, -0.1) is 0 Å². The molecule has 2 aliphatic rings. The quantitative estimate of drug-likeness (QED) is 0.607. The number of halogens is 1. The van der Waals surface area contributed by atoms with Gasteiger partial charge in [-0.2, -0.15) is 0 Å². The maximum Gasteiger partial charge on any atom is 0.191 e. The minimum Gasteiger partial charge on any atom is -0.377 e. The van der Waals surface area contributed by atoms with Crippen LogP contribution >= 0.6 is 11.6 Å². The molecule has 0 spiro atoms. The average molecular weight is 272 g/mol. The highest BCUT2D eigenvalue weighted by Crippen LogP contribution is 2.51. The first-order chi connectivity index (χ1) is 8.46. The summed E-state index contributed by atoms with van der Waals surface area (Å²) in [6, 6.07) is 0.403. The molecule has 1 saturated heterocycles. The summed E-state index contributed by atoms with van der Waals surface area (Å²) in [5.74, 6) is 1.37. The van der Waals surface area contributed by atoms with E-state index in [-0.39, 0.29) is 5.41 Å². The van der Waals surface area contributed by atoms with Gasteiger partial charge in [-0.25, -0.2) is 0 Å². The normalized spacial score (nSPS) is 33.6. The van der Waals surface area contributed by atoms with Gasteiger partial charge in [0.05, 0.1) is 12.6 Å². The summed E-state index contributed by atoms with van der Waals surface area (Å²) < 4.78 is 5.78. The standard InChI is InChI=1S/C13H22ClN3O/c1-8(14)7-16-12(15-4)17-10-9-5-6-18-11(9)13(10,2)3/h9-11H,1,5-7H2,2-4H3,(H2,15,16,17). The topological polar surface area (TPSA) is 45.7 Å². The van der Waals surface area contributed by atoms with Gasteiger partial charge in [0.15, 0.2) is 5.96 Å². The zero-order chi connectivity index (χ0) is 13.3. The first-order valence-corrected chi connectivity index (χ1v) is 6.76. The fourth-order valence-electron chi connectivity index (χ4n) is 3.14. The minimum absolute atomic E-state index is 0.150. The second-order valence-electron chi connectivity index (χ2n) is 5.63. The number of hydrogen-bond donors (Lipinski definition) is 2. The van der Waals surface area contributed by atoms with Crippen LogP contribution in [0.25, 0.3) is 0 Å². The van der Waals surface area contributed by atoms with Gasteiger partial charge in [0.2, 0.25) is 0 Å². The number of aliphatic imine (C=N–C) groups is 1. The highest BCUT2D eigenvalue weighted by Gasteiger charge is 2.59. The third-order valence-corrected chi connectivity index (χ3v) is 4.20. The third-order valence-electron chi connectivity index (χ3n) is 4.06. The molecule has 5 heteroatoms. The van der Waals surface area contributed by atoms with Gasteiger partial charge in [-0.1, -0.05) is 32.0 Å². The highest BCUT2D eigenvalue weighted by atomic mass is 35.5. The summed E-state index contributed by atoms with van der Waals surface area (Å²) in [6.45, 7) is 9.54. The molecule has 4 nitrogen and oxygen atoms in total. The molecule has 2 fully saturated rings. The molecule has 0 aromatic carbocycles. The zero-order valence-corrected chi connectivity index (χ0v) is 12.0. The SMILES string of the molecule is C=C(Cl)CNC(=NC)NC1C2CCOC2C1(C)C. The van der Waals surface area contributed by atoms with Crippen molar-refractivity contribution in [2.45, 2.75) is 32.4 Å². The molecule has 2 N–H and O–H groups in total. The highest BCUT2D eigenvalue weighted by molar-refractivity contribution is 6.29. The van der Waals surface area contributed by atoms with Crippen LogP contribution in [0.3, 0.4) is 0 Å². The van der Waals surface area contributed by atoms with Crippen molar-refractivity contribution in [3.8, 4) is 0 Å². The maximum absolute atomic E-state index is 5.78. The van der Waals surface area contributed by atoms with Gasteiger partial charge >= 0.3 is 0 Å². The number of rotatable bonds is 3. The molecule has 1 aliphatic heterocycles. The molecular formula is C13H22ClN3O. The Labute approximate surface area is 114 Å². The van der Waals surface area contributed by atoms with E-state index in [0.717, 1.165) is 19.0 Å². The monoisotopic (exact) mass is 271 g/mol. The maximum atomic E-state index is 5.78.